The van der Waals surface area contributed by atoms with Gasteiger partial charge in [0.2, 0.25) is 0 Å². The van der Waals surface area contributed by atoms with E-state index in [1.165, 1.54) is 6.33 Å². The van der Waals surface area contributed by atoms with Gasteiger partial charge in [-0.3, -0.25) is 9.69 Å². The smallest absolute Gasteiger partial charge is 0.255 e. The molecular weight excluding hydrogens is 166 g/mol. The Hall–Kier alpha value is -1.16. The summed E-state index contributed by atoms with van der Waals surface area (Å²) in [6.07, 6.45) is 2.38. The molecule has 13 heavy (non-hydrogen) atoms. The van der Waals surface area contributed by atoms with Crippen molar-refractivity contribution >= 4 is 0 Å². The summed E-state index contributed by atoms with van der Waals surface area (Å²) in [5.74, 6) is 0. The summed E-state index contributed by atoms with van der Waals surface area (Å²) < 4.78 is 0. The van der Waals surface area contributed by atoms with Crippen molar-refractivity contribution in [3.63, 3.8) is 0 Å². The van der Waals surface area contributed by atoms with Crippen LogP contribution in [0.25, 0.3) is 0 Å². The Morgan fingerprint density at radius 1 is 1.69 bits per heavy atom. The van der Waals surface area contributed by atoms with Crippen LogP contribution in [0.4, 0.5) is 0 Å². The number of H-pyrrole nitrogens is 1. The molecule has 0 unspecified atom stereocenters. The van der Waals surface area contributed by atoms with Crippen molar-refractivity contribution < 1.29 is 0 Å². The number of hydrogen-bond acceptors (Lipinski definition) is 3. The fourth-order valence-electron chi connectivity index (χ4n) is 1.68. The predicted molar refractivity (Wildman–Crippen MR) is 49.5 cm³/mol. The van der Waals surface area contributed by atoms with Gasteiger partial charge in [-0.05, 0) is 6.54 Å². The first kappa shape index (κ1) is 8.44. The van der Waals surface area contributed by atoms with Crippen LogP contribution < -0.4 is 5.56 Å². The second kappa shape index (κ2) is 3.30. The molecule has 0 aliphatic carbocycles. The fourth-order valence-corrected chi connectivity index (χ4v) is 1.68. The van der Waals surface area contributed by atoms with Crippen LogP contribution in [0.1, 0.15) is 18.2 Å². The van der Waals surface area contributed by atoms with E-state index in [1.54, 1.807) is 0 Å². The molecule has 0 fully saturated rings. The molecule has 0 bridgehead atoms. The second-order valence-electron chi connectivity index (χ2n) is 3.28. The molecule has 0 saturated carbocycles. The lowest BCUT2D eigenvalue weighted by molar-refractivity contribution is 0.264. The van der Waals surface area contributed by atoms with E-state index in [0.717, 1.165) is 37.3 Å². The number of nitrogens with zero attached hydrogens (tertiary/aromatic N) is 2. The maximum atomic E-state index is 11.4. The van der Waals surface area contributed by atoms with Gasteiger partial charge in [-0.2, -0.15) is 0 Å². The lowest BCUT2D eigenvalue weighted by Crippen LogP contribution is -2.35. The van der Waals surface area contributed by atoms with Gasteiger partial charge in [0, 0.05) is 19.5 Å². The fraction of sp³-hybridized carbons (Fsp3) is 0.556. The Bertz CT molecular complexity index is 358. The molecule has 1 aromatic heterocycles. The lowest BCUT2D eigenvalue weighted by atomic mass is 10.1. The van der Waals surface area contributed by atoms with E-state index in [9.17, 15) is 4.79 Å². The number of fused-ring (bicyclic) bond motifs is 1. The molecule has 4 heteroatoms. The van der Waals surface area contributed by atoms with E-state index in [4.69, 9.17) is 0 Å². The minimum Gasteiger partial charge on any atom is -0.313 e. The van der Waals surface area contributed by atoms with Crippen LogP contribution in [-0.2, 0) is 13.0 Å². The first-order chi connectivity index (χ1) is 6.31. The summed E-state index contributed by atoms with van der Waals surface area (Å²) in [7, 11) is 0. The molecule has 4 nitrogen and oxygen atoms in total. The summed E-state index contributed by atoms with van der Waals surface area (Å²) in [4.78, 5) is 20.4. The Labute approximate surface area is 76.6 Å². The summed E-state index contributed by atoms with van der Waals surface area (Å²) in [6, 6.07) is 0. The number of hydrogen-bond donors (Lipinski definition) is 1. The van der Waals surface area contributed by atoms with Crippen LogP contribution in [0.5, 0.6) is 0 Å². The average Bonchev–Trinajstić information content (AvgIpc) is 2.18. The highest BCUT2D eigenvalue weighted by molar-refractivity contribution is 5.18. The lowest BCUT2D eigenvalue weighted by Gasteiger charge is -2.25. The van der Waals surface area contributed by atoms with Crippen molar-refractivity contribution in [2.24, 2.45) is 0 Å². The minimum absolute atomic E-state index is 0.0168. The minimum atomic E-state index is 0.0168. The third kappa shape index (κ3) is 1.49. The van der Waals surface area contributed by atoms with E-state index in [1.807, 2.05) is 0 Å². The molecule has 0 atom stereocenters. The summed E-state index contributed by atoms with van der Waals surface area (Å²) in [5, 5.41) is 0. The van der Waals surface area contributed by atoms with Crippen LogP contribution in [0, 0.1) is 0 Å². The van der Waals surface area contributed by atoms with Crippen LogP contribution >= 0.6 is 0 Å². The maximum absolute atomic E-state index is 11.4. The SMILES string of the molecule is CCN1CCc2nc[nH]c(=O)c2C1. The molecule has 1 aromatic rings. The molecule has 2 heterocycles. The van der Waals surface area contributed by atoms with Crippen LogP contribution in [0.2, 0.25) is 0 Å². The summed E-state index contributed by atoms with van der Waals surface area (Å²) in [6.45, 7) is 4.86. The number of nitrogens with one attached hydrogen (secondary N) is 1. The second-order valence-corrected chi connectivity index (χ2v) is 3.28. The zero-order valence-electron chi connectivity index (χ0n) is 7.71. The quantitative estimate of drug-likeness (QED) is 0.667. The van der Waals surface area contributed by atoms with E-state index < -0.39 is 0 Å². The standard InChI is InChI=1S/C9H13N3O/c1-2-12-4-3-8-7(5-12)9(13)11-6-10-8/h6H,2-5H2,1H3,(H,10,11,13). The molecule has 1 aliphatic heterocycles. The molecule has 0 radical (unpaired) electrons. The van der Waals surface area contributed by atoms with Gasteiger partial charge < -0.3 is 4.98 Å². The Balaban J connectivity index is 2.38. The molecule has 0 spiro atoms. The van der Waals surface area contributed by atoms with E-state index in [0.29, 0.717) is 0 Å². The van der Waals surface area contributed by atoms with Crippen LogP contribution in [-0.4, -0.2) is 28.0 Å². The normalized spacial score (nSPS) is 17.0. The topological polar surface area (TPSA) is 49.0 Å². The number of aromatic amines is 1. The summed E-state index contributed by atoms with van der Waals surface area (Å²) >= 11 is 0. The van der Waals surface area contributed by atoms with Gasteiger partial charge in [-0.25, -0.2) is 4.98 Å². The van der Waals surface area contributed by atoms with Crippen molar-refractivity contribution in [3.8, 4) is 0 Å². The highest BCUT2D eigenvalue weighted by atomic mass is 16.1. The van der Waals surface area contributed by atoms with Gasteiger partial charge in [-0.15, -0.1) is 0 Å². The molecule has 1 N–H and O–H groups in total. The molecule has 2 rings (SSSR count). The molecule has 1 aliphatic rings. The van der Waals surface area contributed by atoms with Crippen molar-refractivity contribution in [1.82, 2.24) is 14.9 Å². The van der Waals surface area contributed by atoms with Crippen LogP contribution in [0.3, 0.4) is 0 Å². The van der Waals surface area contributed by atoms with Gasteiger partial charge >= 0.3 is 0 Å². The molecule has 70 valence electrons. The summed E-state index contributed by atoms with van der Waals surface area (Å²) in [5.41, 5.74) is 1.83. The van der Waals surface area contributed by atoms with E-state index in [2.05, 4.69) is 21.8 Å². The first-order valence-electron chi connectivity index (χ1n) is 4.59. The first-order valence-corrected chi connectivity index (χ1v) is 4.59. The average molecular weight is 179 g/mol. The zero-order valence-corrected chi connectivity index (χ0v) is 7.71. The third-order valence-electron chi connectivity index (χ3n) is 2.53. The van der Waals surface area contributed by atoms with Gasteiger partial charge in [0.05, 0.1) is 17.6 Å². The number of aromatic nitrogens is 2. The Kier molecular flexibility index (Phi) is 2.14. The van der Waals surface area contributed by atoms with Crippen molar-refractivity contribution in [2.75, 3.05) is 13.1 Å². The van der Waals surface area contributed by atoms with Crippen molar-refractivity contribution in [3.05, 3.63) is 27.9 Å². The Morgan fingerprint density at radius 3 is 3.31 bits per heavy atom. The molecular formula is C9H13N3O. The van der Waals surface area contributed by atoms with Crippen LogP contribution in [0.15, 0.2) is 11.1 Å². The predicted octanol–water partition coefficient (Wildman–Crippen LogP) is 0.148. The third-order valence-corrected chi connectivity index (χ3v) is 2.53. The maximum Gasteiger partial charge on any atom is 0.255 e. The van der Waals surface area contributed by atoms with Crippen molar-refractivity contribution in [2.45, 2.75) is 19.9 Å². The van der Waals surface area contributed by atoms with E-state index in [-0.39, 0.29) is 5.56 Å². The van der Waals surface area contributed by atoms with Gasteiger partial charge in [0.1, 0.15) is 0 Å². The van der Waals surface area contributed by atoms with E-state index >= 15 is 0 Å². The number of rotatable bonds is 1. The molecule has 0 amide bonds. The zero-order chi connectivity index (χ0) is 9.26. The highest BCUT2D eigenvalue weighted by Crippen LogP contribution is 2.11. The van der Waals surface area contributed by atoms with Gasteiger partial charge in [0.25, 0.3) is 5.56 Å². The molecule has 0 saturated heterocycles. The van der Waals surface area contributed by atoms with Gasteiger partial charge in [-0.1, -0.05) is 6.92 Å². The highest BCUT2D eigenvalue weighted by Gasteiger charge is 2.17. The largest absolute Gasteiger partial charge is 0.313 e. The monoisotopic (exact) mass is 179 g/mol. The number of likely N-dealkylation sites (N-methyl/N-ethyl adjacent to an activating group) is 1. The molecule has 0 aromatic carbocycles. The van der Waals surface area contributed by atoms with Gasteiger partial charge in [0.15, 0.2) is 0 Å². The van der Waals surface area contributed by atoms with Crippen molar-refractivity contribution in [1.29, 1.82) is 0 Å². The Morgan fingerprint density at radius 2 is 2.54 bits per heavy atom.